The number of hydrogen-bond donors (Lipinski definition) is 2. The van der Waals surface area contributed by atoms with E-state index in [0.29, 0.717) is 32.9 Å². The van der Waals surface area contributed by atoms with Crippen LogP contribution >= 0.6 is 23.2 Å². The van der Waals surface area contributed by atoms with Crippen LogP contribution in [0.4, 0.5) is 0 Å². The molecule has 0 unspecified atom stereocenters. The Morgan fingerprint density at radius 1 is 1.25 bits per heavy atom. The predicted molar refractivity (Wildman–Crippen MR) is 105 cm³/mol. The van der Waals surface area contributed by atoms with Gasteiger partial charge in [-0.2, -0.15) is 10.2 Å². The number of hydrazone groups is 1. The zero-order valence-corrected chi connectivity index (χ0v) is 16.2. The van der Waals surface area contributed by atoms with Gasteiger partial charge >= 0.3 is 11.8 Å². The third-order valence-electron chi connectivity index (χ3n) is 3.67. The highest BCUT2D eigenvalue weighted by Gasteiger charge is 2.15. The van der Waals surface area contributed by atoms with Crippen molar-refractivity contribution in [3.63, 3.8) is 0 Å². The molecule has 0 saturated carbocycles. The molecule has 0 aliphatic heterocycles. The highest BCUT2D eigenvalue weighted by molar-refractivity contribution is 6.35. The Labute approximate surface area is 170 Å². The second kappa shape index (κ2) is 8.73. The monoisotopic (exact) mass is 419 g/mol. The van der Waals surface area contributed by atoms with Crippen molar-refractivity contribution in [3.8, 4) is 5.69 Å². The Balaban J connectivity index is 1.64. The lowest BCUT2D eigenvalue weighted by molar-refractivity contribution is -0.139. The normalized spacial score (nSPS) is 11.0. The Bertz CT molecular complexity index is 1030. The van der Waals surface area contributed by atoms with Crippen LogP contribution in [0, 0.1) is 6.92 Å². The van der Waals surface area contributed by atoms with E-state index in [1.165, 1.54) is 17.2 Å². The predicted octanol–water partition coefficient (Wildman–Crippen LogP) is 2.85. The Morgan fingerprint density at radius 3 is 2.79 bits per heavy atom. The maximum absolute atomic E-state index is 11.8. The Morgan fingerprint density at radius 2 is 2.07 bits per heavy atom. The number of nitrogens with one attached hydrogen (secondary N) is 2. The van der Waals surface area contributed by atoms with Crippen molar-refractivity contribution in [3.05, 3.63) is 69.9 Å². The molecule has 0 aliphatic carbocycles. The molecule has 1 aromatic carbocycles. The fraction of sp³-hybridized carbons (Fsp3) is 0.111. The standard InChI is InChI=1S/C18H15Cl2N5O3/c1-11-15(16(20)25(24-11)13-5-2-4-12(19)8-13)10-22-23-18(27)17(26)21-9-14-6-3-7-28-14/h2-8,10H,9H2,1H3,(H,21,26)(H,23,27)/b22-10-. The number of hydrogen-bond acceptors (Lipinski definition) is 5. The summed E-state index contributed by atoms with van der Waals surface area (Å²) in [5.74, 6) is -1.23. The van der Waals surface area contributed by atoms with E-state index in [4.69, 9.17) is 27.6 Å². The number of aromatic nitrogens is 2. The number of carbonyl (C=O) groups is 2. The molecule has 3 aromatic rings. The largest absolute Gasteiger partial charge is 0.467 e. The summed E-state index contributed by atoms with van der Waals surface area (Å²) in [7, 11) is 0. The molecule has 10 heteroatoms. The van der Waals surface area contributed by atoms with E-state index in [0.717, 1.165) is 0 Å². The first-order valence-electron chi connectivity index (χ1n) is 8.10. The molecule has 2 heterocycles. The summed E-state index contributed by atoms with van der Waals surface area (Å²) in [5, 5.41) is 11.4. The molecule has 3 rings (SSSR count). The lowest BCUT2D eigenvalue weighted by atomic mass is 10.3. The molecule has 0 saturated heterocycles. The molecule has 0 fully saturated rings. The summed E-state index contributed by atoms with van der Waals surface area (Å²) < 4.78 is 6.57. The summed E-state index contributed by atoms with van der Waals surface area (Å²) in [6.45, 7) is 1.84. The molecule has 0 radical (unpaired) electrons. The number of amides is 2. The smallest absolute Gasteiger partial charge is 0.329 e. The van der Waals surface area contributed by atoms with Crippen molar-refractivity contribution in [2.75, 3.05) is 0 Å². The van der Waals surface area contributed by atoms with Crippen molar-refractivity contribution in [2.24, 2.45) is 5.10 Å². The summed E-state index contributed by atoms with van der Waals surface area (Å²) in [6.07, 6.45) is 2.80. The van der Waals surface area contributed by atoms with Crippen molar-refractivity contribution in [2.45, 2.75) is 13.5 Å². The lowest BCUT2D eigenvalue weighted by Crippen LogP contribution is -2.37. The Hall–Kier alpha value is -3.10. The van der Waals surface area contributed by atoms with Gasteiger partial charge in [0, 0.05) is 5.02 Å². The van der Waals surface area contributed by atoms with E-state index in [-0.39, 0.29) is 6.54 Å². The van der Waals surface area contributed by atoms with Crippen LogP contribution in [0.1, 0.15) is 17.0 Å². The maximum atomic E-state index is 11.8. The maximum Gasteiger partial charge on any atom is 0.329 e. The first-order valence-corrected chi connectivity index (χ1v) is 8.86. The van der Waals surface area contributed by atoms with Crippen LogP contribution in [-0.2, 0) is 16.1 Å². The van der Waals surface area contributed by atoms with Gasteiger partial charge < -0.3 is 9.73 Å². The molecule has 0 atom stereocenters. The first-order chi connectivity index (χ1) is 13.5. The second-order valence-electron chi connectivity index (χ2n) is 5.64. The minimum absolute atomic E-state index is 0.0975. The van der Waals surface area contributed by atoms with Gasteiger partial charge in [0.25, 0.3) is 0 Å². The topological polar surface area (TPSA) is 102 Å². The molecule has 2 amide bonds. The first kappa shape index (κ1) is 19.7. The zero-order valence-electron chi connectivity index (χ0n) is 14.6. The molecule has 8 nitrogen and oxygen atoms in total. The summed E-state index contributed by atoms with van der Waals surface area (Å²) in [4.78, 5) is 23.5. The van der Waals surface area contributed by atoms with E-state index in [1.807, 2.05) is 0 Å². The van der Waals surface area contributed by atoms with Crippen molar-refractivity contribution in [1.82, 2.24) is 20.5 Å². The van der Waals surface area contributed by atoms with E-state index < -0.39 is 11.8 Å². The number of carbonyl (C=O) groups excluding carboxylic acids is 2. The molecule has 0 spiro atoms. The highest BCUT2D eigenvalue weighted by atomic mass is 35.5. The number of halogens is 2. The molecule has 144 valence electrons. The number of furan rings is 1. The second-order valence-corrected chi connectivity index (χ2v) is 6.44. The average Bonchev–Trinajstić information content (AvgIpc) is 3.29. The molecule has 2 N–H and O–H groups in total. The quantitative estimate of drug-likeness (QED) is 0.377. The molecular weight excluding hydrogens is 405 g/mol. The van der Waals surface area contributed by atoms with Gasteiger partial charge in [0.1, 0.15) is 10.9 Å². The van der Waals surface area contributed by atoms with Gasteiger partial charge in [-0.1, -0.05) is 29.3 Å². The van der Waals surface area contributed by atoms with E-state index in [1.54, 1.807) is 43.3 Å². The van der Waals surface area contributed by atoms with Crippen LogP contribution in [0.2, 0.25) is 10.2 Å². The van der Waals surface area contributed by atoms with Crippen LogP contribution in [0.25, 0.3) is 5.69 Å². The van der Waals surface area contributed by atoms with Gasteiger partial charge in [-0.05, 0) is 37.3 Å². The van der Waals surface area contributed by atoms with E-state index in [9.17, 15) is 9.59 Å². The molecule has 0 bridgehead atoms. The SMILES string of the molecule is Cc1nn(-c2cccc(Cl)c2)c(Cl)c1/C=N\NC(=O)C(=O)NCc1ccco1. The van der Waals surface area contributed by atoms with Gasteiger partial charge in [-0.3, -0.25) is 9.59 Å². The summed E-state index contributed by atoms with van der Waals surface area (Å²) >= 11 is 12.4. The number of rotatable bonds is 5. The summed E-state index contributed by atoms with van der Waals surface area (Å²) in [6, 6.07) is 10.4. The molecule has 2 aromatic heterocycles. The van der Waals surface area contributed by atoms with Crippen LogP contribution in [0.3, 0.4) is 0 Å². The zero-order chi connectivity index (χ0) is 20.1. The minimum atomic E-state index is -0.918. The Kier molecular flexibility index (Phi) is 6.13. The van der Waals surface area contributed by atoms with Gasteiger partial charge in [0.15, 0.2) is 0 Å². The van der Waals surface area contributed by atoms with Gasteiger partial charge in [0.05, 0.1) is 36.0 Å². The van der Waals surface area contributed by atoms with Crippen molar-refractivity contribution < 1.29 is 14.0 Å². The van der Waals surface area contributed by atoms with Crippen molar-refractivity contribution in [1.29, 1.82) is 0 Å². The third-order valence-corrected chi connectivity index (χ3v) is 4.27. The van der Waals surface area contributed by atoms with Crippen LogP contribution in [0.5, 0.6) is 0 Å². The number of aryl methyl sites for hydroxylation is 1. The number of nitrogens with zero attached hydrogens (tertiary/aromatic N) is 3. The van der Waals surface area contributed by atoms with Crippen LogP contribution in [0.15, 0.2) is 52.2 Å². The van der Waals surface area contributed by atoms with Gasteiger partial charge in [-0.25, -0.2) is 10.1 Å². The molecule has 28 heavy (non-hydrogen) atoms. The lowest BCUT2D eigenvalue weighted by Gasteiger charge is -2.03. The summed E-state index contributed by atoms with van der Waals surface area (Å²) in [5.41, 5.74) is 3.91. The fourth-order valence-electron chi connectivity index (χ4n) is 2.30. The third kappa shape index (κ3) is 4.59. The highest BCUT2D eigenvalue weighted by Crippen LogP contribution is 2.23. The van der Waals surface area contributed by atoms with Crippen LogP contribution in [-0.4, -0.2) is 27.8 Å². The minimum Gasteiger partial charge on any atom is -0.467 e. The van der Waals surface area contributed by atoms with Crippen LogP contribution < -0.4 is 10.7 Å². The fourth-order valence-corrected chi connectivity index (χ4v) is 2.81. The van der Waals surface area contributed by atoms with Crippen molar-refractivity contribution >= 4 is 41.2 Å². The van der Waals surface area contributed by atoms with Gasteiger partial charge in [0.2, 0.25) is 0 Å². The number of benzene rings is 1. The molecule has 0 aliphatic rings. The van der Waals surface area contributed by atoms with Gasteiger partial charge in [-0.15, -0.1) is 0 Å². The van der Waals surface area contributed by atoms with E-state index >= 15 is 0 Å². The molecular formula is C18H15Cl2N5O3. The average molecular weight is 420 g/mol. The van der Waals surface area contributed by atoms with E-state index in [2.05, 4.69) is 20.9 Å².